The molecule has 2 atom stereocenters. The topological polar surface area (TPSA) is 64.8 Å². The van der Waals surface area contributed by atoms with Crippen molar-refractivity contribution in [3.05, 3.63) is 28.3 Å². The zero-order chi connectivity index (χ0) is 14.0. The molecule has 0 aliphatic carbocycles. The first kappa shape index (κ1) is 13.6. The third-order valence-corrected chi connectivity index (χ3v) is 3.14. The third-order valence-electron chi connectivity index (χ3n) is 3.14. The lowest BCUT2D eigenvalue weighted by atomic mass is 10.1. The Labute approximate surface area is 112 Å². The van der Waals surface area contributed by atoms with Gasteiger partial charge in [0.05, 0.1) is 30.3 Å². The first-order chi connectivity index (χ1) is 9.01. The van der Waals surface area contributed by atoms with Gasteiger partial charge in [0.2, 0.25) is 0 Å². The van der Waals surface area contributed by atoms with Gasteiger partial charge in [0.1, 0.15) is 11.4 Å². The van der Waals surface area contributed by atoms with Crippen molar-refractivity contribution in [2.75, 3.05) is 25.1 Å². The molecule has 2 unspecified atom stereocenters. The molecule has 0 spiro atoms. The molecule has 1 aliphatic rings. The van der Waals surface area contributed by atoms with Gasteiger partial charge in [-0.1, -0.05) is 0 Å². The zero-order valence-corrected chi connectivity index (χ0v) is 11.3. The highest BCUT2D eigenvalue weighted by molar-refractivity contribution is 5.65. The van der Waals surface area contributed by atoms with Crippen molar-refractivity contribution in [3.63, 3.8) is 0 Å². The van der Waals surface area contributed by atoms with Crippen molar-refractivity contribution >= 4 is 11.4 Å². The van der Waals surface area contributed by atoms with Crippen LogP contribution in [0.1, 0.15) is 13.8 Å². The summed E-state index contributed by atoms with van der Waals surface area (Å²) in [5.74, 6) is 0.491. The minimum absolute atomic E-state index is 0.0606. The van der Waals surface area contributed by atoms with E-state index in [1.165, 1.54) is 13.2 Å². The summed E-state index contributed by atoms with van der Waals surface area (Å²) in [5.41, 5.74) is 0.688. The van der Waals surface area contributed by atoms with E-state index in [0.29, 0.717) is 24.5 Å². The standard InChI is InChI=1S/C13H18N2O4/c1-9-7-14(8-10(2)19-9)12-5-4-11(18-3)6-13(12)15(16)17/h4-6,9-10H,7-8H2,1-3H3. The summed E-state index contributed by atoms with van der Waals surface area (Å²) in [6, 6.07) is 4.94. The van der Waals surface area contributed by atoms with E-state index in [9.17, 15) is 10.1 Å². The van der Waals surface area contributed by atoms with Crippen LogP contribution in [0.3, 0.4) is 0 Å². The van der Waals surface area contributed by atoms with Gasteiger partial charge >= 0.3 is 0 Å². The highest BCUT2D eigenvalue weighted by Crippen LogP contribution is 2.33. The molecule has 1 aromatic rings. The van der Waals surface area contributed by atoms with Crippen molar-refractivity contribution in [3.8, 4) is 5.75 Å². The molecule has 0 bridgehead atoms. The summed E-state index contributed by atoms with van der Waals surface area (Å²) in [7, 11) is 1.50. The van der Waals surface area contributed by atoms with Gasteiger partial charge in [0.25, 0.3) is 5.69 Å². The Bertz CT molecular complexity index is 468. The van der Waals surface area contributed by atoms with E-state index in [1.807, 2.05) is 18.7 Å². The van der Waals surface area contributed by atoms with Crippen molar-refractivity contribution in [1.29, 1.82) is 0 Å². The molecule has 6 nitrogen and oxygen atoms in total. The zero-order valence-electron chi connectivity index (χ0n) is 11.3. The maximum absolute atomic E-state index is 11.2. The largest absolute Gasteiger partial charge is 0.496 e. The minimum atomic E-state index is -0.372. The number of hydrogen-bond acceptors (Lipinski definition) is 5. The fraction of sp³-hybridized carbons (Fsp3) is 0.538. The Morgan fingerprint density at radius 1 is 1.37 bits per heavy atom. The molecule has 1 aromatic carbocycles. The maximum Gasteiger partial charge on any atom is 0.296 e. The first-order valence-electron chi connectivity index (χ1n) is 6.24. The van der Waals surface area contributed by atoms with Crippen LogP contribution in [0.5, 0.6) is 5.75 Å². The molecule has 1 aliphatic heterocycles. The third kappa shape index (κ3) is 2.96. The second kappa shape index (κ2) is 5.44. The van der Waals surface area contributed by atoms with Gasteiger partial charge < -0.3 is 14.4 Å². The monoisotopic (exact) mass is 266 g/mol. The molecule has 104 valence electrons. The number of anilines is 1. The summed E-state index contributed by atoms with van der Waals surface area (Å²) >= 11 is 0. The summed E-state index contributed by atoms with van der Waals surface area (Å²) < 4.78 is 10.7. The quantitative estimate of drug-likeness (QED) is 0.620. The Balaban J connectivity index is 2.35. The molecule has 0 amide bonds. The Morgan fingerprint density at radius 2 is 2.00 bits per heavy atom. The molecular formula is C13H18N2O4. The van der Waals surface area contributed by atoms with Crippen LogP contribution in [0.15, 0.2) is 18.2 Å². The molecular weight excluding hydrogens is 248 g/mol. The average Bonchev–Trinajstić information content (AvgIpc) is 2.36. The summed E-state index contributed by atoms with van der Waals surface area (Å²) in [5, 5.41) is 11.2. The van der Waals surface area contributed by atoms with E-state index in [2.05, 4.69) is 0 Å². The van der Waals surface area contributed by atoms with E-state index in [0.717, 1.165) is 0 Å². The van der Waals surface area contributed by atoms with Crippen LogP contribution in [0.4, 0.5) is 11.4 Å². The Kier molecular flexibility index (Phi) is 3.90. The highest BCUT2D eigenvalue weighted by Gasteiger charge is 2.27. The smallest absolute Gasteiger partial charge is 0.296 e. The molecule has 1 saturated heterocycles. The van der Waals surface area contributed by atoms with Gasteiger partial charge in [-0.3, -0.25) is 10.1 Å². The molecule has 0 N–H and O–H groups in total. The maximum atomic E-state index is 11.2. The number of methoxy groups -OCH3 is 1. The van der Waals surface area contributed by atoms with Gasteiger partial charge in [-0.15, -0.1) is 0 Å². The lowest BCUT2D eigenvalue weighted by molar-refractivity contribution is -0.384. The molecule has 0 aromatic heterocycles. The van der Waals surface area contributed by atoms with Crippen LogP contribution in [0.25, 0.3) is 0 Å². The van der Waals surface area contributed by atoms with E-state index >= 15 is 0 Å². The van der Waals surface area contributed by atoms with E-state index in [4.69, 9.17) is 9.47 Å². The number of rotatable bonds is 3. The van der Waals surface area contributed by atoms with Crippen molar-refractivity contribution in [2.45, 2.75) is 26.1 Å². The van der Waals surface area contributed by atoms with Crippen molar-refractivity contribution < 1.29 is 14.4 Å². The molecule has 1 fully saturated rings. The van der Waals surface area contributed by atoms with Crippen LogP contribution in [-0.2, 0) is 4.74 Å². The van der Waals surface area contributed by atoms with Gasteiger partial charge in [-0.2, -0.15) is 0 Å². The van der Waals surface area contributed by atoms with Crippen LogP contribution in [-0.4, -0.2) is 37.3 Å². The van der Waals surface area contributed by atoms with Gasteiger partial charge in [0.15, 0.2) is 0 Å². The van der Waals surface area contributed by atoms with E-state index < -0.39 is 0 Å². The van der Waals surface area contributed by atoms with Crippen molar-refractivity contribution in [2.24, 2.45) is 0 Å². The second-order valence-electron chi connectivity index (χ2n) is 4.77. The van der Waals surface area contributed by atoms with Crippen LogP contribution in [0.2, 0.25) is 0 Å². The minimum Gasteiger partial charge on any atom is -0.496 e. The Hall–Kier alpha value is -1.82. The predicted molar refractivity (Wildman–Crippen MR) is 71.9 cm³/mol. The number of benzene rings is 1. The number of nitro benzene ring substituents is 1. The summed E-state index contributed by atoms with van der Waals surface area (Å²) in [6.07, 6.45) is 0.121. The SMILES string of the molecule is COc1ccc(N2CC(C)OC(C)C2)c([N+](=O)[O-])c1. The number of nitrogens with zero attached hydrogens (tertiary/aromatic N) is 2. The molecule has 19 heavy (non-hydrogen) atoms. The molecule has 1 heterocycles. The number of morpholine rings is 1. The molecule has 6 heteroatoms. The molecule has 2 rings (SSSR count). The second-order valence-corrected chi connectivity index (χ2v) is 4.77. The molecule has 0 saturated carbocycles. The average molecular weight is 266 g/mol. The van der Waals surface area contributed by atoms with Gasteiger partial charge in [-0.05, 0) is 26.0 Å². The normalized spacial score (nSPS) is 23.2. The fourth-order valence-electron chi connectivity index (χ4n) is 2.42. The number of ether oxygens (including phenoxy) is 2. The van der Waals surface area contributed by atoms with E-state index in [-0.39, 0.29) is 22.8 Å². The highest BCUT2D eigenvalue weighted by atomic mass is 16.6. The predicted octanol–water partition coefficient (Wildman–Crippen LogP) is 2.22. The summed E-state index contributed by atoms with van der Waals surface area (Å²) in [4.78, 5) is 12.8. The molecule has 0 radical (unpaired) electrons. The van der Waals surface area contributed by atoms with Crippen LogP contribution < -0.4 is 9.64 Å². The number of hydrogen-bond donors (Lipinski definition) is 0. The lowest BCUT2D eigenvalue weighted by Gasteiger charge is -2.36. The van der Waals surface area contributed by atoms with Crippen molar-refractivity contribution in [1.82, 2.24) is 0 Å². The number of nitro groups is 1. The lowest BCUT2D eigenvalue weighted by Crippen LogP contribution is -2.45. The van der Waals surface area contributed by atoms with E-state index in [1.54, 1.807) is 12.1 Å². The van der Waals surface area contributed by atoms with Crippen LogP contribution in [0, 0.1) is 10.1 Å². The summed E-state index contributed by atoms with van der Waals surface area (Å²) in [6.45, 7) is 5.24. The van der Waals surface area contributed by atoms with Gasteiger partial charge in [0, 0.05) is 13.1 Å². The Morgan fingerprint density at radius 3 is 2.53 bits per heavy atom. The fourth-order valence-corrected chi connectivity index (χ4v) is 2.42. The van der Waals surface area contributed by atoms with Gasteiger partial charge in [-0.25, -0.2) is 0 Å². The first-order valence-corrected chi connectivity index (χ1v) is 6.24. The van der Waals surface area contributed by atoms with Crippen LogP contribution >= 0.6 is 0 Å².